The summed E-state index contributed by atoms with van der Waals surface area (Å²) in [5.74, 6) is -0.287. The van der Waals surface area contributed by atoms with Gasteiger partial charge in [-0.05, 0) is 79.7 Å². The largest absolute Gasteiger partial charge is 0.490 e. The lowest BCUT2D eigenvalue weighted by Crippen LogP contribution is -2.56. The fourth-order valence-electron chi connectivity index (χ4n) is 3.84. The van der Waals surface area contributed by atoms with Crippen molar-refractivity contribution >= 4 is 63.3 Å². The summed E-state index contributed by atoms with van der Waals surface area (Å²) in [5, 5.41) is 2.57. The molecule has 0 radical (unpaired) electrons. The molecule has 0 aromatic heterocycles. The number of halogens is 1. The van der Waals surface area contributed by atoms with Gasteiger partial charge < -0.3 is 4.74 Å². The van der Waals surface area contributed by atoms with E-state index in [9.17, 15) is 9.59 Å². The van der Waals surface area contributed by atoms with Crippen LogP contribution < -0.4 is 9.64 Å². The highest BCUT2D eigenvalue weighted by atomic mass is 35.5. The normalized spacial score (nSPS) is 16.5. The molecule has 3 aromatic rings. The van der Waals surface area contributed by atoms with Crippen LogP contribution >= 0.6 is 23.8 Å². The fourth-order valence-corrected chi connectivity index (χ4v) is 4.37. The minimum Gasteiger partial charge on any atom is -0.490 e. The van der Waals surface area contributed by atoms with Crippen LogP contribution in [0.2, 0.25) is 5.02 Å². The molecule has 0 aliphatic carbocycles. The Labute approximate surface area is 209 Å². The maximum absolute atomic E-state index is 13.7. The number of nitrogens with zero attached hydrogens (tertiary/aromatic N) is 2. The molecule has 7 heteroatoms. The van der Waals surface area contributed by atoms with Crippen molar-refractivity contribution in [2.24, 2.45) is 0 Å². The third-order valence-electron chi connectivity index (χ3n) is 5.85. The van der Waals surface area contributed by atoms with Gasteiger partial charge in [-0.1, -0.05) is 48.9 Å². The number of benzene rings is 3. The summed E-state index contributed by atoms with van der Waals surface area (Å²) in [7, 11) is 0. The van der Waals surface area contributed by atoms with Crippen LogP contribution in [0.15, 0.2) is 66.2 Å². The maximum atomic E-state index is 13.7. The number of amides is 2. The maximum Gasteiger partial charge on any atom is 0.270 e. The van der Waals surface area contributed by atoms with Crippen molar-refractivity contribution in [2.45, 2.75) is 33.3 Å². The number of ether oxygens (including phenoxy) is 1. The molecule has 0 spiro atoms. The minimum atomic E-state index is -0.482. The summed E-state index contributed by atoms with van der Waals surface area (Å²) in [4.78, 5) is 29.9. The molecule has 3 aromatic carbocycles. The number of hydrogen-bond donors (Lipinski definition) is 0. The first-order valence-electron chi connectivity index (χ1n) is 11.2. The smallest absolute Gasteiger partial charge is 0.270 e. The van der Waals surface area contributed by atoms with Crippen LogP contribution in [0.3, 0.4) is 0 Å². The Bertz CT molecular complexity index is 1300. The molecule has 1 heterocycles. The van der Waals surface area contributed by atoms with Crippen molar-refractivity contribution in [1.82, 2.24) is 4.90 Å². The SMILES string of the molecule is CC[C@@H](C)Oc1ccc2ccccc2c1/C=C1\C(=O)N(CC)C(=S)N(c2ccc(Cl)cc2)C1=O. The van der Waals surface area contributed by atoms with Gasteiger partial charge >= 0.3 is 0 Å². The third kappa shape index (κ3) is 4.43. The van der Waals surface area contributed by atoms with Gasteiger partial charge in [0.05, 0.1) is 11.8 Å². The molecule has 34 heavy (non-hydrogen) atoms. The number of likely N-dealkylation sites (N-methyl/N-ethyl adjacent to an activating group) is 1. The van der Waals surface area contributed by atoms with E-state index >= 15 is 0 Å². The lowest BCUT2D eigenvalue weighted by atomic mass is 9.99. The number of rotatable bonds is 6. The summed E-state index contributed by atoms with van der Waals surface area (Å²) < 4.78 is 6.18. The van der Waals surface area contributed by atoms with Crippen LogP contribution in [0.5, 0.6) is 5.75 Å². The van der Waals surface area contributed by atoms with Gasteiger partial charge in [0.15, 0.2) is 5.11 Å². The van der Waals surface area contributed by atoms with E-state index in [4.69, 9.17) is 28.6 Å². The summed E-state index contributed by atoms with van der Waals surface area (Å²) in [6, 6.07) is 18.5. The molecule has 2 amide bonds. The summed E-state index contributed by atoms with van der Waals surface area (Å²) in [5.41, 5.74) is 1.26. The first-order chi connectivity index (χ1) is 16.3. The molecule has 1 atom stereocenters. The van der Waals surface area contributed by atoms with E-state index < -0.39 is 11.8 Å². The molecule has 174 valence electrons. The molecule has 5 nitrogen and oxygen atoms in total. The second-order valence-electron chi connectivity index (χ2n) is 8.04. The third-order valence-corrected chi connectivity index (χ3v) is 6.51. The molecule has 1 fully saturated rings. The van der Waals surface area contributed by atoms with Crippen molar-refractivity contribution in [2.75, 3.05) is 11.4 Å². The van der Waals surface area contributed by atoms with Crippen LogP contribution in [0.1, 0.15) is 32.8 Å². The Morgan fingerprint density at radius 1 is 1.00 bits per heavy atom. The molecule has 0 saturated carbocycles. The van der Waals surface area contributed by atoms with Crippen LogP contribution in [-0.2, 0) is 9.59 Å². The van der Waals surface area contributed by atoms with E-state index in [2.05, 4.69) is 0 Å². The standard InChI is InChI=1S/C27H25ClN2O3S/c1-4-17(3)33-24-15-10-18-8-6-7-9-21(18)22(24)16-23-25(31)29(5-2)27(34)30(26(23)32)20-13-11-19(28)12-14-20/h6-17H,4-5H2,1-3H3/b23-16+/t17-/m1/s1. The van der Waals surface area contributed by atoms with Gasteiger partial charge in [0.1, 0.15) is 11.3 Å². The van der Waals surface area contributed by atoms with E-state index in [-0.39, 0.29) is 16.8 Å². The van der Waals surface area contributed by atoms with Gasteiger partial charge in [-0.15, -0.1) is 0 Å². The zero-order valence-electron chi connectivity index (χ0n) is 19.2. The number of thiocarbonyl (C=S) groups is 1. The van der Waals surface area contributed by atoms with Gasteiger partial charge in [0.25, 0.3) is 11.8 Å². The average molecular weight is 493 g/mol. The molecule has 0 N–H and O–H groups in total. The Hall–Kier alpha value is -3.22. The molecular formula is C27H25ClN2O3S. The van der Waals surface area contributed by atoms with E-state index in [1.165, 1.54) is 9.80 Å². The highest BCUT2D eigenvalue weighted by Gasteiger charge is 2.39. The number of carbonyl (C=O) groups is 2. The van der Waals surface area contributed by atoms with Crippen molar-refractivity contribution in [3.63, 3.8) is 0 Å². The minimum absolute atomic E-state index is 0.0238. The molecule has 1 aliphatic rings. The molecule has 1 saturated heterocycles. The van der Waals surface area contributed by atoms with Gasteiger partial charge in [0, 0.05) is 17.1 Å². The first-order valence-corrected chi connectivity index (χ1v) is 12.0. The summed E-state index contributed by atoms with van der Waals surface area (Å²) >= 11 is 11.6. The second-order valence-corrected chi connectivity index (χ2v) is 8.84. The van der Waals surface area contributed by atoms with Gasteiger partial charge in [-0.25, -0.2) is 0 Å². The number of carbonyl (C=O) groups excluding carboxylic acids is 2. The molecule has 0 bridgehead atoms. The monoisotopic (exact) mass is 492 g/mol. The van der Waals surface area contributed by atoms with Crippen molar-refractivity contribution in [1.29, 1.82) is 0 Å². The molecular weight excluding hydrogens is 468 g/mol. The summed E-state index contributed by atoms with van der Waals surface area (Å²) in [6.45, 7) is 6.19. The Morgan fingerprint density at radius 3 is 2.38 bits per heavy atom. The predicted octanol–water partition coefficient (Wildman–Crippen LogP) is 6.23. The number of fused-ring (bicyclic) bond motifs is 1. The summed E-state index contributed by atoms with van der Waals surface area (Å²) in [6.07, 6.45) is 2.43. The highest BCUT2D eigenvalue weighted by molar-refractivity contribution is 7.80. The second kappa shape index (κ2) is 9.95. The fraction of sp³-hybridized carbons (Fsp3) is 0.222. The van der Waals surface area contributed by atoms with Crippen molar-refractivity contribution in [3.8, 4) is 5.75 Å². The molecule has 4 rings (SSSR count). The Balaban J connectivity index is 1.90. The number of hydrogen-bond acceptors (Lipinski definition) is 4. The first kappa shape index (κ1) is 23.9. The van der Waals surface area contributed by atoms with Crippen molar-refractivity contribution in [3.05, 3.63) is 76.8 Å². The van der Waals surface area contributed by atoms with E-state index in [1.807, 2.05) is 57.2 Å². The van der Waals surface area contributed by atoms with E-state index in [0.717, 1.165) is 17.2 Å². The average Bonchev–Trinajstić information content (AvgIpc) is 2.84. The van der Waals surface area contributed by atoms with Crippen LogP contribution in [0, 0.1) is 0 Å². The predicted molar refractivity (Wildman–Crippen MR) is 141 cm³/mol. The van der Waals surface area contributed by atoms with Crippen LogP contribution in [0.25, 0.3) is 16.8 Å². The lowest BCUT2D eigenvalue weighted by molar-refractivity contribution is -0.127. The molecule has 0 unspecified atom stereocenters. The lowest BCUT2D eigenvalue weighted by Gasteiger charge is -2.36. The Kier molecular flexibility index (Phi) is 7.00. The Morgan fingerprint density at radius 2 is 1.71 bits per heavy atom. The quantitative estimate of drug-likeness (QED) is 0.232. The zero-order chi connectivity index (χ0) is 24.4. The topological polar surface area (TPSA) is 49.9 Å². The van der Waals surface area contributed by atoms with Crippen molar-refractivity contribution < 1.29 is 14.3 Å². The zero-order valence-corrected chi connectivity index (χ0v) is 20.8. The van der Waals surface area contributed by atoms with Crippen LogP contribution in [0.4, 0.5) is 5.69 Å². The highest BCUT2D eigenvalue weighted by Crippen LogP contribution is 2.34. The van der Waals surface area contributed by atoms with E-state index in [0.29, 0.717) is 28.6 Å². The molecule has 1 aliphatic heterocycles. The number of anilines is 1. The van der Waals surface area contributed by atoms with Gasteiger partial charge in [-0.2, -0.15) is 0 Å². The van der Waals surface area contributed by atoms with Gasteiger partial charge in [-0.3, -0.25) is 19.4 Å². The van der Waals surface area contributed by atoms with Crippen LogP contribution in [-0.4, -0.2) is 34.5 Å². The van der Waals surface area contributed by atoms with Gasteiger partial charge in [0.2, 0.25) is 0 Å². The van der Waals surface area contributed by atoms with E-state index in [1.54, 1.807) is 30.3 Å².